The van der Waals surface area contributed by atoms with Gasteiger partial charge in [0.15, 0.2) is 0 Å². The number of aromatic carboxylic acids is 1. The van der Waals surface area contributed by atoms with Crippen LogP contribution in [0.25, 0.3) is 0 Å². The summed E-state index contributed by atoms with van der Waals surface area (Å²) in [5.41, 5.74) is 6.26. The topological polar surface area (TPSA) is 92.4 Å². The Labute approximate surface area is 118 Å². The summed E-state index contributed by atoms with van der Waals surface area (Å²) >= 11 is 3.28. The Balaban J connectivity index is 2.14. The lowest BCUT2D eigenvalue weighted by molar-refractivity contribution is -0.118. The van der Waals surface area contributed by atoms with Gasteiger partial charge in [-0.25, -0.2) is 4.79 Å². The van der Waals surface area contributed by atoms with E-state index in [9.17, 15) is 9.59 Å². The lowest BCUT2D eigenvalue weighted by Gasteiger charge is -2.12. The Kier molecular flexibility index (Phi) is 4.01. The fourth-order valence-corrected chi connectivity index (χ4v) is 2.25. The van der Waals surface area contributed by atoms with Gasteiger partial charge >= 0.3 is 5.97 Å². The maximum absolute atomic E-state index is 12.0. The van der Waals surface area contributed by atoms with Gasteiger partial charge in [0.1, 0.15) is 0 Å². The fraction of sp³-hybridized carbons (Fsp3) is 0.231. The molecule has 6 heteroatoms. The third-order valence-electron chi connectivity index (χ3n) is 2.92. The molecular formula is C13H13BrN2O3. The normalized spacial score (nSPS) is 21.4. The minimum absolute atomic E-state index is 0.0930. The minimum Gasteiger partial charge on any atom is -0.478 e. The van der Waals surface area contributed by atoms with E-state index >= 15 is 0 Å². The van der Waals surface area contributed by atoms with Gasteiger partial charge in [-0.2, -0.15) is 0 Å². The molecule has 0 radical (unpaired) electrons. The average molecular weight is 325 g/mol. The molecule has 2 unspecified atom stereocenters. The monoisotopic (exact) mass is 324 g/mol. The highest BCUT2D eigenvalue weighted by Gasteiger charge is 2.23. The number of carbonyl (C=O) groups is 2. The number of halogens is 1. The predicted octanol–water partition coefficient (Wildman–Crippen LogP) is 1.99. The van der Waals surface area contributed by atoms with E-state index in [2.05, 4.69) is 21.2 Å². The van der Waals surface area contributed by atoms with Crippen molar-refractivity contribution in [3.63, 3.8) is 0 Å². The van der Waals surface area contributed by atoms with Crippen LogP contribution in [0.4, 0.5) is 5.69 Å². The second kappa shape index (κ2) is 5.54. The van der Waals surface area contributed by atoms with Gasteiger partial charge in [0.2, 0.25) is 5.91 Å². The molecule has 0 saturated heterocycles. The van der Waals surface area contributed by atoms with Crippen LogP contribution in [0.2, 0.25) is 0 Å². The van der Waals surface area contributed by atoms with Crippen molar-refractivity contribution in [1.29, 1.82) is 0 Å². The second-order valence-corrected chi connectivity index (χ2v) is 5.23. The zero-order chi connectivity index (χ0) is 14.0. The fourth-order valence-electron chi connectivity index (χ4n) is 1.90. The molecule has 1 aliphatic carbocycles. The van der Waals surface area contributed by atoms with Crippen molar-refractivity contribution >= 4 is 33.5 Å². The predicted molar refractivity (Wildman–Crippen MR) is 75.0 cm³/mol. The number of carbonyl (C=O) groups excluding carboxylic acids is 1. The van der Waals surface area contributed by atoms with Gasteiger partial charge in [0.25, 0.3) is 0 Å². The molecule has 0 heterocycles. The van der Waals surface area contributed by atoms with Crippen LogP contribution in [0.15, 0.2) is 34.8 Å². The van der Waals surface area contributed by atoms with Crippen LogP contribution in [-0.4, -0.2) is 23.0 Å². The van der Waals surface area contributed by atoms with E-state index < -0.39 is 5.97 Å². The molecule has 1 aromatic carbocycles. The van der Waals surface area contributed by atoms with Gasteiger partial charge in [0, 0.05) is 10.5 Å². The molecule has 0 aromatic heterocycles. The van der Waals surface area contributed by atoms with Gasteiger partial charge in [-0.15, -0.1) is 0 Å². The van der Waals surface area contributed by atoms with Gasteiger partial charge in [-0.3, -0.25) is 4.79 Å². The highest BCUT2D eigenvalue weighted by Crippen LogP contribution is 2.26. The first-order valence-corrected chi connectivity index (χ1v) is 6.54. The Bertz CT molecular complexity index is 557. The lowest BCUT2D eigenvalue weighted by atomic mass is 10.1. The van der Waals surface area contributed by atoms with E-state index in [1.54, 1.807) is 18.2 Å². The molecule has 0 aliphatic heterocycles. The number of amides is 1. The highest BCUT2D eigenvalue weighted by molar-refractivity contribution is 9.10. The number of hydrogen-bond acceptors (Lipinski definition) is 3. The molecule has 100 valence electrons. The summed E-state index contributed by atoms with van der Waals surface area (Å²) in [4.78, 5) is 22.9. The first kappa shape index (κ1) is 13.8. The Morgan fingerprint density at radius 3 is 2.68 bits per heavy atom. The average Bonchev–Trinajstić information content (AvgIpc) is 2.78. The SMILES string of the molecule is NC1C=CC(C(=O)Nc2cc(C(=O)O)ccc2Br)C1. The number of carboxylic acids is 1. The van der Waals surface area contributed by atoms with Crippen LogP contribution in [0.1, 0.15) is 16.8 Å². The van der Waals surface area contributed by atoms with Crippen molar-refractivity contribution in [3.05, 3.63) is 40.4 Å². The summed E-state index contributed by atoms with van der Waals surface area (Å²) in [6.07, 6.45) is 4.14. The minimum atomic E-state index is -1.04. The third kappa shape index (κ3) is 3.21. The van der Waals surface area contributed by atoms with E-state index in [-0.39, 0.29) is 23.4 Å². The zero-order valence-corrected chi connectivity index (χ0v) is 11.6. The lowest BCUT2D eigenvalue weighted by Crippen LogP contribution is -2.24. The van der Waals surface area contributed by atoms with Crippen molar-refractivity contribution < 1.29 is 14.7 Å². The Hall–Kier alpha value is -1.66. The summed E-state index contributed by atoms with van der Waals surface area (Å²) in [5.74, 6) is -1.49. The molecule has 19 heavy (non-hydrogen) atoms. The van der Waals surface area contributed by atoms with E-state index in [0.29, 0.717) is 16.6 Å². The second-order valence-electron chi connectivity index (χ2n) is 4.38. The van der Waals surface area contributed by atoms with Crippen molar-refractivity contribution in [2.24, 2.45) is 11.7 Å². The largest absolute Gasteiger partial charge is 0.478 e. The van der Waals surface area contributed by atoms with E-state index in [1.165, 1.54) is 12.1 Å². The molecule has 1 aliphatic rings. The molecular weight excluding hydrogens is 312 g/mol. The van der Waals surface area contributed by atoms with Gasteiger partial charge in [-0.05, 0) is 40.5 Å². The van der Waals surface area contributed by atoms with E-state index in [1.807, 2.05) is 0 Å². The number of carboxylic acid groups (broad SMARTS) is 1. The quantitative estimate of drug-likeness (QED) is 0.741. The number of benzene rings is 1. The molecule has 0 fully saturated rings. The smallest absolute Gasteiger partial charge is 0.335 e. The van der Waals surface area contributed by atoms with Crippen LogP contribution in [-0.2, 0) is 4.79 Å². The molecule has 0 saturated carbocycles. The van der Waals surface area contributed by atoms with Gasteiger partial charge in [0.05, 0.1) is 17.2 Å². The van der Waals surface area contributed by atoms with Crippen molar-refractivity contribution in [2.45, 2.75) is 12.5 Å². The van der Waals surface area contributed by atoms with Crippen LogP contribution in [0, 0.1) is 5.92 Å². The molecule has 1 amide bonds. The van der Waals surface area contributed by atoms with Crippen LogP contribution >= 0.6 is 15.9 Å². The molecule has 2 atom stereocenters. The van der Waals surface area contributed by atoms with Gasteiger partial charge in [-0.1, -0.05) is 12.2 Å². The molecule has 1 aromatic rings. The van der Waals surface area contributed by atoms with Crippen molar-refractivity contribution in [1.82, 2.24) is 0 Å². The number of anilines is 1. The van der Waals surface area contributed by atoms with Crippen LogP contribution in [0.5, 0.6) is 0 Å². The maximum atomic E-state index is 12.0. The standard InChI is InChI=1S/C13H13BrN2O3/c14-10-4-2-8(13(18)19)6-11(10)16-12(17)7-1-3-9(15)5-7/h1-4,6-7,9H,5,15H2,(H,16,17)(H,18,19). The molecule has 0 spiro atoms. The molecule has 0 bridgehead atoms. The van der Waals surface area contributed by atoms with Crippen molar-refractivity contribution in [2.75, 3.05) is 5.32 Å². The van der Waals surface area contributed by atoms with Gasteiger partial charge < -0.3 is 16.2 Å². The van der Waals surface area contributed by atoms with Crippen LogP contribution in [0.3, 0.4) is 0 Å². The first-order valence-electron chi connectivity index (χ1n) is 5.75. The molecule has 2 rings (SSSR count). The molecule has 5 nitrogen and oxygen atoms in total. The number of nitrogens with two attached hydrogens (primary N) is 1. The summed E-state index contributed by atoms with van der Waals surface area (Å²) in [7, 11) is 0. The van der Waals surface area contributed by atoms with E-state index in [4.69, 9.17) is 10.8 Å². The maximum Gasteiger partial charge on any atom is 0.335 e. The summed E-state index contributed by atoms with van der Waals surface area (Å²) in [6, 6.07) is 4.38. The number of rotatable bonds is 3. The van der Waals surface area contributed by atoms with Crippen molar-refractivity contribution in [3.8, 4) is 0 Å². The Morgan fingerprint density at radius 1 is 1.37 bits per heavy atom. The zero-order valence-electron chi connectivity index (χ0n) is 9.97. The highest BCUT2D eigenvalue weighted by atomic mass is 79.9. The number of nitrogens with one attached hydrogen (secondary N) is 1. The third-order valence-corrected chi connectivity index (χ3v) is 3.62. The number of hydrogen-bond donors (Lipinski definition) is 3. The summed E-state index contributed by atoms with van der Waals surface area (Å²) in [5, 5.41) is 11.6. The van der Waals surface area contributed by atoms with Crippen LogP contribution < -0.4 is 11.1 Å². The molecule has 4 N–H and O–H groups in total. The summed E-state index contributed by atoms with van der Waals surface area (Å²) < 4.78 is 0.636. The van der Waals surface area contributed by atoms with E-state index in [0.717, 1.165) is 0 Å². The Morgan fingerprint density at radius 2 is 2.11 bits per heavy atom. The summed E-state index contributed by atoms with van der Waals surface area (Å²) in [6.45, 7) is 0. The first-order chi connectivity index (χ1) is 8.97.